The Morgan fingerprint density at radius 2 is 2.13 bits per heavy atom. The molecule has 1 unspecified atom stereocenters. The van der Waals surface area contributed by atoms with Crippen molar-refractivity contribution in [1.82, 2.24) is 15.1 Å². The van der Waals surface area contributed by atoms with E-state index in [4.69, 9.17) is 0 Å². The third-order valence-corrected chi connectivity index (χ3v) is 4.93. The van der Waals surface area contributed by atoms with Crippen molar-refractivity contribution in [3.63, 3.8) is 0 Å². The summed E-state index contributed by atoms with van der Waals surface area (Å²) in [6.07, 6.45) is 0.698. The smallest absolute Gasteiger partial charge is 0.261 e. The number of benzene rings is 1. The molecule has 23 heavy (non-hydrogen) atoms. The Balaban J connectivity index is 1.98. The van der Waals surface area contributed by atoms with Gasteiger partial charge in [-0.05, 0) is 31.5 Å². The van der Waals surface area contributed by atoms with Crippen molar-refractivity contribution >= 4 is 27.5 Å². The van der Waals surface area contributed by atoms with Crippen molar-refractivity contribution in [2.24, 2.45) is 0 Å². The van der Waals surface area contributed by atoms with Crippen LogP contribution in [0.3, 0.4) is 0 Å². The molecule has 3 rings (SSSR count). The number of hydrogen-bond acceptors (Lipinski definition) is 4. The highest BCUT2D eigenvalue weighted by molar-refractivity contribution is 7.20. The Hall–Kier alpha value is -2.18. The van der Waals surface area contributed by atoms with E-state index in [1.165, 1.54) is 11.3 Å². The molecule has 0 radical (unpaired) electrons. The Labute approximate surface area is 138 Å². The number of nitrogens with one attached hydrogen (secondary N) is 1. The molecule has 1 amide bonds. The first-order valence-electron chi connectivity index (χ1n) is 7.60. The molecule has 0 fully saturated rings. The molecule has 0 aliphatic rings. The molecule has 2 aromatic heterocycles. The van der Waals surface area contributed by atoms with Gasteiger partial charge in [-0.1, -0.05) is 25.1 Å². The molecular formula is C17H19N3O2S. The van der Waals surface area contributed by atoms with E-state index < -0.39 is 0 Å². The van der Waals surface area contributed by atoms with Gasteiger partial charge >= 0.3 is 0 Å². The molecule has 6 heteroatoms. The summed E-state index contributed by atoms with van der Waals surface area (Å²) in [7, 11) is 0. The Kier molecular flexibility index (Phi) is 4.45. The maximum Gasteiger partial charge on any atom is 0.261 e. The van der Waals surface area contributed by atoms with E-state index >= 15 is 0 Å². The molecular weight excluding hydrogens is 310 g/mol. The number of aliphatic hydroxyl groups excluding tert-OH is 1. The molecule has 2 heterocycles. The van der Waals surface area contributed by atoms with Crippen LogP contribution < -0.4 is 5.32 Å². The van der Waals surface area contributed by atoms with Crippen LogP contribution in [0.5, 0.6) is 0 Å². The van der Waals surface area contributed by atoms with Crippen LogP contribution >= 0.6 is 11.3 Å². The summed E-state index contributed by atoms with van der Waals surface area (Å²) in [5.74, 6) is -0.147. The zero-order valence-corrected chi connectivity index (χ0v) is 13.9. The largest absolute Gasteiger partial charge is 0.394 e. The minimum atomic E-state index is -0.209. The quantitative estimate of drug-likeness (QED) is 0.756. The van der Waals surface area contributed by atoms with Crippen molar-refractivity contribution < 1.29 is 9.90 Å². The van der Waals surface area contributed by atoms with Crippen molar-refractivity contribution in [1.29, 1.82) is 0 Å². The lowest BCUT2D eigenvalue weighted by Crippen LogP contribution is -2.36. The van der Waals surface area contributed by atoms with Crippen molar-refractivity contribution in [3.05, 3.63) is 47.0 Å². The molecule has 1 atom stereocenters. The summed E-state index contributed by atoms with van der Waals surface area (Å²) in [6, 6.07) is 11.5. The van der Waals surface area contributed by atoms with Crippen molar-refractivity contribution in [2.45, 2.75) is 26.3 Å². The van der Waals surface area contributed by atoms with E-state index in [1.807, 2.05) is 54.9 Å². The van der Waals surface area contributed by atoms with Crippen molar-refractivity contribution in [3.8, 4) is 5.69 Å². The fourth-order valence-electron chi connectivity index (χ4n) is 2.44. The number of rotatable bonds is 5. The Bertz CT molecular complexity index is 819. The second-order valence-electron chi connectivity index (χ2n) is 5.42. The zero-order valence-electron chi connectivity index (χ0n) is 13.1. The third kappa shape index (κ3) is 3.00. The van der Waals surface area contributed by atoms with Crippen LogP contribution in [0.15, 0.2) is 36.4 Å². The van der Waals surface area contributed by atoms with Gasteiger partial charge < -0.3 is 10.4 Å². The lowest BCUT2D eigenvalue weighted by atomic mass is 10.2. The Morgan fingerprint density at radius 3 is 2.78 bits per heavy atom. The maximum atomic E-state index is 12.4. The molecule has 0 spiro atoms. The maximum absolute atomic E-state index is 12.4. The highest BCUT2D eigenvalue weighted by Gasteiger charge is 2.18. The van der Waals surface area contributed by atoms with E-state index in [1.54, 1.807) is 0 Å². The van der Waals surface area contributed by atoms with Crippen LogP contribution in [0, 0.1) is 6.92 Å². The Morgan fingerprint density at radius 1 is 1.39 bits per heavy atom. The minimum Gasteiger partial charge on any atom is -0.394 e. The normalized spacial score (nSPS) is 12.5. The lowest BCUT2D eigenvalue weighted by molar-refractivity contribution is 0.0919. The molecule has 120 valence electrons. The first-order valence-corrected chi connectivity index (χ1v) is 8.42. The average molecular weight is 329 g/mol. The van der Waals surface area contributed by atoms with Crippen LogP contribution in [0.1, 0.15) is 28.7 Å². The standard InChI is InChI=1S/C17H19N3O2S/c1-3-12(10-21)18-16(22)15-9-14-11(2)19-20(17(14)23-15)13-7-5-4-6-8-13/h4-9,12,21H,3,10H2,1-2H3,(H,18,22). The third-order valence-electron chi connectivity index (χ3n) is 3.82. The van der Waals surface area contributed by atoms with E-state index in [2.05, 4.69) is 10.4 Å². The fourth-order valence-corrected chi connectivity index (χ4v) is 3.52. The number of aromatic nitrogens is 2. The summed E-state index contributed by atoms with van der Waals surface area (Å²) in [5, 5.41) is 17.6. The number of fused-ring (bicyclic) bond motifs is 1. The predicted octanol–water partition coefficient (Wildman–Crippen LogP) is 2.90. The summed E-state index contributed by atoms with van der Waals surface area (Å²) in [5.41, 5.74) is 1.87. The second kappa shape index (κ2) is 6.52. The summed E-state index contributed by atoms with van der Waals surface area (Å²) < 4.78 is 1.87. The van der Waals surface area contributed by atoms with E-state index in [-0.39, 0.29) is 18.6 Å². The first-order chi connectivity index (χ1) is 11.1. The van der Waals surface area contributed by atoms with Gasteiger partial charge in [0.15, 0.2) is 0 Å². The number of amides is 1. The predicted molar refractivity (Wildman–Crippen MR) is 92.3 cm³/mol. The average Bonchev–Trinajstić information content (AvgIpc) is 3.14. The van der Waals surface area contributed by atoms with Gasteiger partial charge in [0, 0.05) is 5.39 Å². The molecule has 0 aliphatic carbocycles. The summed E-state index contributed by atoms with van der Waals surface area (Å²) >= 11 is 1.42. The van der Waals surface area contributed by atoms with Gasteiger partial charge in [-0.3, -0.25) is 4.79 Å². The molecule has 1 aromatic carbocycles. The van der Waals surface area contributed by atoms with Gasteiger partial charge in [-0.15, -0.1) is 11.3 Å². The topological polar surface area (TPSA) is 67.2 Å². The SMILES string of the molecule is CCC(CO)NC(=O)c1cc2c(C)nn(-c3ccccc3)c2s1. The molecule has 0 bridgehead atoms. The van der Waals surface area contributed by atoms with Crippen LogP contribution in [-0.4, -0.2) is 33.4 Å². The number of carbonyl (C=O) groups excluding carboxylic acids is 1. The number of carbonyl (C=O) groups is 1. The van der Waals surface area contributed by atoms with Crippen LogP contribution in [-0.2, 0) is 0 Å². The monoisotopic (exact) mass is 329 g/mol. The number of thiophene rings is 1. The first kappa shape index (κ1) is 15.7. The van der Waals surface area contributed by atoms with Gasteiger partial charge in [0.1, 0.15) is 4.83 Å². The van der Waals surface area contributed by atoms with Gasteiger partial charge in [0.25, 0.3) is 5.91 Å². The molecule has 0 saturated heterocycles. The van der Waals surface area contributed by atoms with Crippen LogP contribution in [0.2, 0.25) is 0 Å². The number of aliphatic hydroxyl groups is 1. The highest BCUT2D eigenvalue weighted by atomic mass is 32.1. The van der Waals surface area contributed by atoms with E-state index in [0.717, 1.165) is 21.6 Å². The molecule has 0 aliphatic heterocycles. The number of nitrogens with zero attached hydrogens (tertiary/aromatic N) is 2. The van der Waals surface area contributed by atoms with Gasteiger partial charge in [0.2, 0.25) is 0 Å². The van der Waals surface area contributed by atoms with Gasteiger partial charge in [0.05, 0.1) is 28.9 Å². The molecule has 3 aromatic rings. The number of para-hydroxylation sites is 1. The number of aryl methyl sites for hydroxylation is 1. The summed E-state index contributed by atoms with van der Waals surface area (Å²) in [4.78, 5) is 13.9. The second-order valence-corrected chi connectivity index (χ2v) is 6.45. The van der Waals surface area contributed by atoms with E-state index in [9.17, 15) is 9.90 Å². The van der Waals surface area contributed by atoms with Gasteiger partial charge in [-0.2, -0.15) is 5.10 Å². The minimum absolute atomic E-state index is 0.0516. The highest BCUT2D eigenvalue weighted by Crippen LogP contribution is 2.30. The summed E-state index contributed by atoms with van der Waals surface area (Å²) in [6.45, 7) is 3.83. The van der Waals surface area contributed by atoms with Crippen LogP contribution in [0.4, 0.5) is 0 Å². The molecule has 2 N–H and O–H groups in total. The fraction of sp³-hybridized carbons (Fsp3) is 0.294. The lowest BCUT2D eigenvalue weighted by Gasteiger charge is -2.12. The van der Waals surface area contributed by atoms with Crippen LogP contribution in [0.25, 0.3) is 15.9 Å². The van der Waals surface area contributed by atoms with Crippen molar-refractivity contribution in [2.75, 3.05) is 6.61 Å². The molecule has 5 nitrogen and oxygen atoms in total. The zero-order chi connectivity index (χ0) is 16.4. The van der Waals surface area contributed by atoms with Gasteiger partial charge in [-0.25, -0.2) is 4.68 Å². The van der Waals surface area contributed by atoms with E-state index in [0.29, 0.717) is 11.3 Å². The number of hydrogen-bond donors (Lipinski definition) is 2. The molecule has 0 saturated carbocycles.